The third kappa shape index (κ3) is 4.56. The first kappa shape index (κ1) is 19.2. The SMILES string of the molecule is CCOc1cc(/C=N\Nc2nnc(C)n2N)ccc1OCc1ccccc1F. The molecule has 1 aromatic heterocycles. The van der Waals surface area contributed by atoms with E-state index in [1.54, 1.807) is 43.5 Å². The standard InChI is InChI=1S/C19H21FN6O2/c1-3-27-18-10-14(11-22-24-19-25-23-13(2)26(19)21)8-9-17(18)28-12-15-6-4-5-7-16(15)20/h4-11H,3,12,21H2,1-2H3,(H,24,25)/b22-11-. The lowest BCUT2D eigenvalue weighted by Gasteiger charge is -2.13. The first-order chi connectivity index (χ1) is 13.6. The Labute approximate surface area is 161 Å². The smallest absolute Gasteiger partial charge is 0.263 e. The fourth-order valence-corrected chi connectivity index (χ4v) is 2.37. The van der Waals surface area contributed by atoms with Crippen molar-refractivity contribution in [3.8, 4) is 11.5 Å². The second-order valence-corrected chi connectivity index (χ2v) is 5.83. The summed E-state index contributed by atoms with van der Waals surface area (Å²) < 4.78 is 26.4. The molecular weight excluding hydrogens is 363 g/mol. The second kappa shape index (κ2) is 8.85. The number of ether oxygens (including phenoxy) is 2. The summed E-state index contributed by atoms with van der Waals surface area (Å²) in [7, 11) is 0. The van der Waals surface area contributed by atoms with Gasteiger partial charge in [0.1, 0.15) is 12.4 Å². The topological polar surface area (TPSA) is 99.6 Å². The van der Waals surface area contributed by atoms with E-state index in [-0.39, 0.29) is 12.4 Å². The first-order valence-corrected chi connectivity index (χ1v) is 8.67. The molecule has 1 heterocycles. The van der Waals surface area contributed by atoms with Gasteiger partial charge in [-0.2, -0.15) is 5.10 Å². The van der Waals surface area contributed by atoms with E-state index in [4.69, 9.17) is 15.3 Å². The van der Waals surface area contributed by atoms with Crippen molar-refractivity contribution >= 4 is 12.2 Å². The highest BCUT2D eigenvalue weighted by Crippen LogP contribution is 2.29. The van der Waals surface area contributed by atoms with Gasteiger partial charge in [-0.05, 0) is 43.7 Å². The normalized spacial score (nSPS) is 11.0. The summed E-state index contributed by atoms with van der Waals surface area (Å²) in [5.74, 6) is 7.39. The summed E-state index contributed by atoms with van der Waals surface area (Å²) >= 11 is 0. The molecule has 8 nitrogen and oxygen atoms in total. The van der Waals surface area contributed by atoms with Crippen LogP contribution in [0.15, 0.2) is 47.6 Å². The molecule has 0 radical (unpaired) electrons. The van der Waals surface area contributed by atoms with Gasteiger partial charge in [-0.15, -0.1) is 10.2 Å². The molecule has 0 aliphatic heterocycles. The number of hydrogen-bond donors (Lipinski definition) is 2. The number of nitrogen functional groups attached to an aromatic ring is 1. The maximum atomic E-state index is 13.8. The van der Waals surface area contributed by atoms with E-state index in [0.29, 0.717) is 35.4 Å². The third-order valence-electron chi connectivity index (χ3n) is 3.85. The number of nitrogens with zero attached hydrogens (tertiary/aromatic N) is 4. The van der Waals surface area contributed by atoms with Gasteiger partial charge >= 0.3 is 0 Å². The van der Waals surface area contributed by atoms with Crippen LogP contribution in [0.25, 0.3) is 0 Å². The van der Waals surface area contributed by atoms with E-state index in [0.717, 1.165) is 5.56 Å². The summed E-state index contributed by atoms with van der Waals surface area (Å²) in [6.07, 6.45) is 1.59. The van der Waals surface area contributed by atoms with Crippen molar-refractivity contribution in [2.24, 2.45) is 5.10 Å². The highest BCUT2D eigenvalue weighted by Gasteiger charge is 2.08. The predicted molar refractivity (Wildman–Crippen MR) is 104 cm³/mol. The Bertz CT molecular complexity index is 973. The molecule has 0 spiro atoms. The Kier molecular flexibility index (Phi) is 6.05. The zero-order chi connectivity index (χ0) is 19.9. The highest BCUT2D eigenvalue weighted by atomic mass is 19.1. The van der Waals surface area contributed by atoms with Crippen molar-refractivity contribution in [2.75, 3.05) is 17.9 Å². The van der Waals surface area contributed by atoms with E-state index in [1.165, 1.54) is 10.7 Å². The van der Waals surface area contributed by atoms with Crippen LogP contribution >= 0.6 is 0 Å². The predicted octanol–water partition coefficient (Wildman–Crippen LogP) is 2.86. The minimum atomic E-state index is -0.307. The molecule has 2 aromatic carbocycles. The van der Waals surface area contributed by atoms with Gasteiger partial charge in [-0.25, -0.2) is 14.5 Å². The van der Waals surface area contributed by atoms with Crippen LogP contribution < -0.4 is 20.7 Å². The quantitative estimate of drug-likeness (QED) is 0.352. The number of nitrogens with one attached hydrogen (secondary N) is 1. The minimum absolute atomic E-state index is 0.104. The molecule has 0 fully saturated rings. The molecule has 0 atom stereocenters. The molecule has 0 bridgehead atoms. The van der Waals surface area contributed by atoms with Gasteiger partial charge in [-0.1, -0.05) is 18.2 Å². The van der Waals surface area contributed by atoms with Crippen molar-refractivity contribution in [3.05, 3.63) is 65.2 Å². The van der Waals surface area contributed by atoms with Gasteiger partial charge in [0.15, 0.2) is 17.3 Å². The Morgan fingerprint density at radius 1 is 1.18 bits per heavy atom. The Morgan fingerprint density at radius 3 is 2.71 bits per heavy atom. The van der Waals surface area contributed by atoms with Gasteiger partial charge in [0.05, 0.1) is 12.8 Å². The van der Waals surface area contributed by atoms with Crippen LogP contribution in [-0.4, -0.2) is 27.7 Å². The van der Waals surface area contributed by atoms with Crippen LogP contribution in [0.2, 0.25) is 0 Å². The van der Waals surface area contributed by atoms with Gasteiger partial charge in [-0.3, -0.25) is 0 Å². The Hall–Kier alpha value is -3.62. The fourth-order valence-electron chi connectivity index (χ4n) is 2.37. The minimum Gasteiger partial charge on any atom is -0.490 e. The number of hydrogen-bond acceptors (Lipinski definition) is 7. The van der Waals surface area contributed by atoms with E-state index in [9.17, 15) is 4.39 Å². The largest absolute Gasteiger partial charge is 0.490 e. The molecule has 3 rings (SSSR count). The number of rotatable bonds is 8. The molecule has 0 unspecified atom stereocenters. The van der Waals surface area contributed by atoms with Crippen molar-refractivity contribution in [2.45, 2.75) is 20.5 Å². The molecular formula is C19H21FN6O2. The zero-order valence-electron chi connectivity index (χ0n) is 15.6. The summed E-state index contributed by atoms with van der Waals surface area (Å²) in [4.78, 5) is 0. The number of hydrazone groups is 1. The van der Waals surface area contributed by atoms with E-state index in [2.05, 4.69) is 20.7 Å². The van der Waals surface area contributed by atoms with E-state index < -0.39 is 0 Å². The van der Waals surface area contributed by atoms with Crippen LogP contribution in [0.3, 0.4) is 0 Å². The molecule has 0 saturated carbocycles. The van der Waals surface area contributed by atoms with E-state index >= 15 is 0 Å². The monoisotopic (exact) mass is 384 g/mol. The molecule has 0 aliphatic carbocycles. The molecule has 0 amide bonds. The lowest BCUT2D eigenvalue weighted by atomic mass is 10.2. The van der Waals surface area contributed by atoms with Gasteiger partial charge in [0.2, 0.25) is 0 Å². The third-order valence-corrected chi connectivity index (χ3v) is 3.85. The molecule has 9 heteroatoms. The summed E-state index contributed by atoms with van der Waals surface area (Å²) in [5, 5.41) is 11.8. The summed E-state index contributed by atoms with van der Waals surface area (Å²) in [5.41, 5.74) is 3.97. The van der Waals surface area contributed by atoms with Crippen LogP contribution in [0.4, 0.5) is 10.3 Å². The Morgan fingerprint density at radius 2 is 2.00 bits per heavy atom. The first-order valence-electron chi connectivity index (χ1n) is 8.67. The Balaban J connectivity index is 1.70. The maximum Gasteiger partial charge on any atom is 0.263 e. The van der Waals surface area contributed by atoms with Crippen molar-refractivity contribution in [1.29, 1.82) is 0 Å². The second-order valence-electron chi connectivity index (χ2n) is 5.83. The number of aryl methyl sites for hydroxylation is 1. The number of halogens is 1. The fraction of sp³-hybridized carbons (Fsp3) is 0.211. The number of anilines is 1. The van der Waals surface area contributed by atoms with E-state index in [1.807, 2.05) is 13.0 Å². The molecule has 28 heavy (non-hydrogen) atoms. The van der Waals surface area contributed by atoms with Crippen molar-refractivity contribution in [3.63, 3.8) is 0 Å². The lowest BCUT2D eigenvalue weighted by molar-refractivity contribution is 0.266. The number of nitrogens with two attached hydrogens (primary N) is 1. The van der Waals surface area contributed by atoms with Gasteiger partial charge in [0.25, 0.3) is 5.95 Å². The molecule has 0 aliphatic rings. The molecule has 0 saturated heterocycles. The number of benzene rings is 2. The summed E-state index contributed by atoms with van der Waals surface area (Å²) in [6.45, 7) is 4.17. The van der Waals surface area contributed by atoms with Gasteiger partial charge in [0, 0.05) is 5.56 Å². The lowest BCUT2D eigenvalue weighted by Crippen LogP contribution is -2.13. The average molecular weight is 384 g/mol. The van der Waals surface area contributed by atoms with Crippen LogP contribution in [-0.2, 0) is 6.61 Å². The molecule has 3 N–H and O–H groups in total. The van der Waals surface area contributed by atoms with Crippen LogP contribution in [0.1, 0.15) is 23.9 Å². The average Bonchev–Trinajstić information content (AvgIpc) is 3.01. The number of aromatic nitrogens is 3. The summed E-state index contributed by atoms with van der Waals surface area (Å²) in [6, 6.07) is 11.8. The van der Waals surface area contributed by atoms with Crippen molar-refractivity contribution < 1.29 is 13.9 Å². The molecule has 146 valence electrons. The van der Waals surface area contributed by atoms with Crippen LogP contribution in [0, 0.1) is 12.7 Å². The van der Waals surface area contributed by atoms with Crippen LogP contribution in [0.5, 0.6) is 11.5 Å². The maximum absolute atomic E-state index is 13.8. The van der Waals surface area contributed by atoms with Gasteiger partial charge < -0.3 is 15.3 Å². The highest BCUT2D eigenvalue weighted by molar-refractivity contribution is 5.81. The van der Waals surface area contributed by atoms with Crippen molar-refractivity contribution in [1.82, 2.24) is 14.9 Å². The molecule has 3 aromatic rings. The zero-order valence-corrected chi connectivity index (χ0v) is 15.6.